The van der Waals surface area contributed by atoms with E-state index in [4.69, 9.17) is 10.7 Å². The molecule has 0 radical (unpaired) electrons. The molecule has 2 atom stereocenters. The number of aromatic nitrogens is 2. The van der Waals surface area contributed by atoms with Gasteiger partial charge in [0.25, 0.3) is 0 Å². The van der Waals surface area contributed by atoms with E-state index in [0.717, 1.165) is 45.3 Å². The van der Waals surface area contributed by atoms with Crippen molar-refractivity contribution in [3.05, 3.63) is 17.7 Å². The third kappa shape index (κ3) is 3.10. The molecular formula is C19H30N4O. The van der Waals surface area contributed by atoms with Crippen molar-refractivity contribution in [2.75, 3.05) is 13.1 Å². The molecule has 1 aromatic rings. The maximum Gasteiger partial charge on any atom is 0.226 e. The largest absolute Gasteiger partial charge is 0.341 e. The number of carbonyl (C=O) groups excluding carboxylic acids is 1. The second-order valence-electron chi connectivity index (χ2n) is 7.97. The molecule has 5 heteroatoms. The Kier molecular flexibility index (Phi) is 4.61. The first-order valence-corrected chi connectivity index (χ1v) is 9.81. The fourth-order valence-electron chi connectivity index (χ4n) is 4.85. The monoisotopic (exact) mass is 330 g/mol. The van der Waals surface area contributed by atoms with Gasteiger partial charge in [0.15, 0.2) is 0 Å². The second kappa shape index (κ2) is 6.87. The van der Waals surface area contributed by atoms with Crippen LogP contribution in [0.25, 0.3) is 0 Å². The molecule has 0 bridgehead atoms. The van der Waals surface area contributed by atoms with E-state index in [2.05, 4.69) is 4.57 Å². The number of nitrogens with zero attached hydrogens (tertiary/aromatic N) is 3. The van der Waals surface area contributed by atoms with Gasteiger partial charge in [-0.2, -0.15) is 0 Å². The van der Waals surface area contributed by atoms with Gasteiger partial charge in [-0.05, 0) is 32.1 Å². The predicted octanol–water partition coefficient (Wildman–Crippen LogP) is 2.44. The summed E-state index contributed by atoms with van der Waals surface area (Å²) in [5, 5.41) is 0. The first kappa shape index (κ1) is 16.1. The number of fused-ring (bicyclic) bond motifs is 1. The number of hydrogen-bond acceptors (Lipinski definition) is 3. The first-order chi connectivity index (χ1) is 11.7. The van der Waals surface area contributed by atoms with Gasteiger partial charge in [-0.25, -0.2) is 4.98 Å². The SMILES string of the molecule is N[C@@H]1CCCN(C(=O)C2CCn3c(cnc3C3CCCCC3)C2)C1. The number of rotatable bonds is 2. The van der Waals surface area contributed by atoms with Crippen molar-refractivity contribution in [3.63, 3.8) is 0 Å². The Morgan fingerprint density at radius 2 is 1.92 bits per heavy atom. The highest BCUT2D eigenvalue weighted by Gasteiger charge is 2.32. The van der Waals surface area contributed by atoms with Crippen molar-refractivity contribution in [1.29, 1.82) is 0 Å². The van der Waals surface area contributed by atoms with Gasteiger partial charge < -0.3 is 15.2 Å². The zero-order chi connectivity index (χ0) is 16.5. The summed E-state index contributed by atoms with van der Waals surface area (Å²) in [6.45, 7) is 2.58. The predicted molar refractivity (Wildman–Crippen MR) is 93.7 cm³/mol. The molecule has 2 fully saturated rings. The van der Waals surface area contributed by atoms with E-state index in [1.807, 2.05) is 11.1 Å². The van der Waals surface area contributed by atoms with Crippen LogP contribution >= 0.6 is 0 Å². The lowest BCUT2D eigenvalue weighted by Gasteiger charge is -2.35. The van der Waals surface area contributed by atoms with Crippen LogP contribution in [0.2, 0.25) is 0 Å². The normalized spacial score (nSPS) is 28.6. The molecule has 3 aliphatic rings. The van der Waals surface area contributed by atoms with Crippen LogP contribution in [0.15, 0.2) is 6.20 Å². The molecule has 1 saturated heterocycles. The van der Waals surface area contributed by atoms with Crippen molar-refractivity contribution in [2.45, 2.75) is 76.3 Å². The highest BCUT2D eigenvalue weighted by atomic mass is 16.2. The Hall–Kier alpha value is -1.36. The quantitative estimate of drug-likeness (QED) is 0.906. The zero-order valence-electron chi connectivity index (χ0n) is 14.6. The van der Waals surface area contributed by atoms with Gasteiger partial charge in [-0.1, -0.05) is 19.3 Å². The van der Waals surface area contributed by atoms with E-state index in [1.165, 1.54) is 43.6 Å². The average Bonchev–Trinajstić information content (AvgIpc) is 3.05. The van der Waals surface area contributed by atoms with E-state index in [-0.39, 0.29) is 12.0 Å². The molecule has 5 nitrogen and oxygen atoms in total. The summed E-state index contributed by atoms with van der Waals surface area (Å²) in [5.41, 5.74) is 7.31. The molecule has 0 spiro atoms. The van der Waals surface area contributed by atoms with Crippen LogP contribution < -0.4 is 5.73 Å². The van der Waals surface area contributed by atoms with Crippen molar-refractivity contribution in [2.24, 2.45) is 11.7 Å². The molecule has 1 aromatic heterocycles. The molecule has 4 rings (SSSR count). The van der Waals surface area contributed by atoms with Crippen LogP contribution in [0.1, 0.15) is 68.8 Å². The average molecular weight is 330 g/mol. The van der Waals surface area contributed by atoms with Crippen molar-refractivity contribution in [3.8, 4) is 0 Å². The lowest BCUT2D eigenvalue weighted by atomic mass is 9.88. The maximum atomic E-state index is 12.9. The van der Waals surface area contributed by atoms with Gasteiger partial charge in [0.05, 0.1) is 0 Å². The Morgan fingerprint density at radius 1 is 1.08 bits per heavy atom. The number of piperidine rings is 1. The molecule has 132 valence electrons. The number of carbonyl (C=O) groups is 1. The molecule has 3 heterocycles. The third-order valence-electron chi connectivity index (χ3n) is 6.21. The number of likely N-dealkylation sites (tertiary alicyclic amines) is 1. The highest BCUT2D eigenvalue weighted by molar-refractivity contribution is 5.79. The Morgan fingerprint density at radius 3 is 2.71 bits per heavy atom. The van der Waals surface area contributed by atoms with E-state index in [0.29, 0.717) is 11.8 Å². The number of imidazole rings is 1. The number of hydrogen-bond donors (Lipinski definition) is 1. The number of nitrogens with two attached hydrogens (primary N) is 1. The van der Waals surface area contributed by atoms with E-state index < -0.39 is 0 Å². The summed E-state index contributed by atoms with van der Waals surface area (Å²) in [4.78, 5) is 19.6. The van der Waals surface area contributed by atoms with E-state index in [9.17, 15) is 4.79 Å². The van der Waals surface area contributed by atoms with Gasteiger partial charge in [0.1, 0.15) is 5.82 Å². The lowest BCUT2D eigenvalue weighted by Crippen LogP contribution is -2.48. The second-order valence-corrected chi connectivity index (χ2v) is 7.97. The van der Waals surface area contributed by atoms with Crippen LogP contribution in [-0.2, 0) is 17.8 Å². The smallest absolute Gasteiger partial charge is 0.226 e. The van der Waals surface area contributed by atoms with Crippen LogP contribution in [0.5, 0.6) is 0 Å². The standard InChI is InChI=1S/C19H30N4O/c20-16-7-4-9-22(13-16)19(24)15-8-10-23-17(11-15)12-21-18(23)14-5-2-1-3-6-14/h12,14-16H,1-11,13,20H2/t15?,16-/m1/s1. The third-order valence-corrected chi connectivity index (χ3v) is 6.21. The van der Waals surface area contributed by atoms with Gasteiger partial charge in [-0.15, -0.1) is 0 Å². The molecule has 1 amide bonds. The minimum Gasteiger partial charge on any atom is -0.341 e. The van der Waals surface area contributed by atoms with E-state index >= 15 is 0 Å². The van der Waals surface area contributed by atoms with Crippen molar-refractivity contribution in [1.82, 2.24) is 14.5 Å². The minimum atomic E-state index is 0.124. The topological polar surface area (TPSA) is 64.2 Å². The Labute approximate surface area is 144 Å². The molecule has 24 heavy (non-hydrogen) atoms. The van der Waals surface area contributed by atoms with Crippen LogP contribution in [-0.4, -0.2) is 39.5 Å². The highest BCUT2D eigenvalue weighted by Crippen LogP contribution is 2.34. The molecule has 1 aliphatic carbocycles. The lowest BCUT2D eigenvalue weighted by molar-refractivity contribution is -0.137. The van der Waals surface area contributed by atoms with Gasteiger partial charge in [-0.3, -0.25) is 4.79 Å². The minimum absolute atomic E-state index is 0.124. The summed E-state index contributed by atoms with van der Waals surface area (Å²) >= 11 is 0. The summed E-state index contributed by atoms with van der Waals surface area (Å²) in [7, 11) is 0. The summed E-state index contributed by atoms with van der Waals surface area (Å²) < 4.78 is 2.42. The van der Waals surface area contributed by atoms with Crippen molar-refractivity contribution < 1.29 is 4.79 Å². The fourth-order valence-corrected chi connectivity index (χ4v) is 4.85. The van der Waals surface area contributed by atoms with Crippen LogP contribution in [0.3, 0.4) is 0 Å². The first-order valence-electron chi connectivity index (χ1n) is 9.81. The summed E-state index contributed by atoms with van der Waals surface area (Å²) in [6, 6.07) is 0.162. The Bertz CT molecular complexity index is 590. The summed E-state index contributed by atoms with van der Waals surface area (Å²) in [5.74, 6) is 2.37. The van der Waals surface area contributed by atoms with Crippen LogP contribution in [0, 0.1) is 5.92 Å². The van der Waals surface area contributed by atoms with Crippen LogP contribution in [0.4, 0.5) is 0 Å². The molecular weight excluding hydrogens is 300 g/mol. The van der Waals surface area contributed by atoms with Gasteiger partial charge in [0.2, 0.25) is 5.91 Å². The molecule has 2 aliphatic heterocycles. The van der Waals surface area contributed by atoms with Gasteiger partial charge in [0, 0.05) is 55.8 Å². The zero-order valence-corrected chi connectivity index (χ0v) is 14.6. The fraction of sp³-hybridized carbons (Fsp3) is 0.789. The molecule has 1 unspecified atom stereocenters. The van der Waals surface area contributed by atoms with Crippen molar-refractivity contribution >= 4 is 5.91 Å². The molecule has 1 saturated carbocycles. The summed E-state index contributed by atoms with van der Waals surface area (Å²) in [6.07, 6.45) is 12.5. The van der Waals surface area contributed by atoms with Gasteiger partial charge >= 0.3 is 0 Å². The molecule has 0 aromatic carbocycles. The van der Waals surface area contributed by atoms with E-state index in [1.54, 1.807) is 0 Å². The Balaban J connectivity index is 1.44. The maximum absolute atomic E-state index is 12.9. The number of amides is 1. The molecule has 2 N–H and O–H groups in total.